The van der Waals surface area contributed by atoms with Crippen molar-refractivity contribution in [1.29, 1.82) is 0 Å². The maximum absolute atomic E-state index is 13.0. The highest BCUT2D eigenvalue weighted by molar-refractivity contribution is 6.01. The van der Waals surface area contributed by atoms with Gasteiger partial charge in [0.15, 0.2) is 23.9 Å². The molecule has 0 bridgehead atoms. The van der Waals surface area contributed by atoms with E-state index in [-0.39, 0.29) is 11.1 Å². The number of aromatic nitrogens is 2. The molecule has 2 heterocycles. The SMILES string of the molecule is Cn1cc(C(=O)OCC(=O)c2ccc(F)cc2)c(-c2ccc3c(c2)OCCCO3)n1. The number of carbonyl (C=O) groups excluding carboxylic acids is 2. The van der Waals surface area contributed by atoms with E-state index in [1.807, 2.05) is 0 Å². The quantitative estimate of drug-likeness (QED) is 0.474. The number of esters is 1. The number of carbonyl (C=O) groups is 2. The van der Waals surface area contributed by atoms with Crippen molar-refractivity contribution in [3.8, 4) is 22.8 Å². The summed E-state index contributed by atoms with van der Waals surface area (Å²) in [7, 11) is 1.69. The Labute approximate surface area is 172 Å². The van der Waals surface area contributed by atoms with Gasteiger partial charge in [0.05, 0.1) is 13.2 Å². The molecule has 0 unspecified atom stereocenters. The van der Waals surface area contributed by atoms with Crippen LogP contribution >= 0.6 is 0 Å². The third-order valence-corrected chi connectivity index (χ3v) is 4.57. The highest BCUT2D eigenvalue weighted by Crippen LogP contribution is 2.34. The van der Waals surface area contributed by atoms with Crippen LogP contribution in [0.15, 0.2) is 48.7 Å². The van der Waals surface area contributed by atoms with Crippen molar-refractivity contribution in [2.75, 3.05) is 19.8 Å². The molecule has 8 heteroatoms. The van der Waals surface area contributed by atoms with Crippen LogP contribution in [0.2, 0.25) is 0 Å². The number of benzene rings is 2. The van der Waals surface area contributed by atoms with Crippen LogP contribution in [0.3, 0.4) is 0 Å². The van der Waals surface area contributed by atoms with E-state index < -0.39 is 24.2 Å². The number of ether oxygens (including phenoxy) is 3. The normalized spacial score (nSPS) is 12.9. The molecule has 1 aromatic heterocycles. The number of fused-ring (bicyclic) bond motifs is 1. The summed E-state index contributed by atoms with van der Waals surface area (Å²) in [6, 6.07) is 10.4. The lowest BCUT2D eigenvalue weighted by molar-refractivity contribution is 0.0475. The molecule has 0 amide bonds. The zero-order valence-electron chi connectivity index (χ0n) is 16.3. The van der Waals surface area contributed by atoms with Gasteiger partial charge < -0.3 is 14.2 Å². The summed E-state index contributed by atoms with van der Waals surface area (Å²) in [6.07, 6.45) is 2.32. The predicted octanol–water partition coefficient (Wildman–Crippen LogP) is 3.43. The molecule has 0 saturated heterocycles. The summed E-state index contributed by atoms with van der Waals surface area (Å²) < 4.78 is 31.0. The molecule has 0 N–H and O–H groups in total. The molecule has 0 spiro atoms. The van der Waals surface area contributed by atoms with Gasteiger partial charge in [0.2, 0.25) is 0 Å². The van der Waals surface area contributed by atoms with E-state index in [1.165, 1.54) is 35.1 Å². The maximum Gasteiger partial charge on any atom is 0.342 e. The summed E-state index contributed by atoms with van der Waals surface area (Å²) in [5.74, 6) is -0.327. The van der Waals surface area contributed by atoms with Gasteiger partial charge in [0.25, 0.3) is 0 Å². The molecule has 1 aliphatic heterocycles. The zero-order chi connectivity index (χ0) is 21.1. The zero-order valence-corrected chi connectivity index (χ0v) is 16.3. The van der Waals surface area contributed by atoms with Crippen LogP contribution < -0.4 is 9.47 Å². The molecule has 1 aliphatic rings. The molecule has 30 heavy (non-hydrogen) atoms. The molecular weight excluding hydrogens is 391 g/mol. The van der Waals surface area contributed by atoms with Crippen molar-refractivity contribution >= 4 is 11.8 Å². The Morgan fingerprint density at radius 2 is 1.83 bits per heavy atom. The fraction of sp³-hybridized carbons (Fsp3) is 0.227. The summed E-state index contributed by atoms with van der Waals surface area (Å²) in [5, 5.41) is 4.36. The van der Waals surface area contributed by atoms with Crippen molar-refractivity contribution in [1.82, 2.24) is 9.78 Å². The van der Waals surface area contributed by atoms with Crippen LogP contribution in [0.1, 0.15) is 27.1 Å². The highest BCUT2D eigenvalue weighted by atomic mass is 19.1. The molecule has 7 nitrogen and oxygen atoms in total. The van der Waals surface area contributed by atoms with E-state index in [4.69, 9.17) is 14.2 Å². The van der Waals surface area contributed by atoms with Crippen LogP contribution in [-0.4, -0.2) is 41.4 Å². The number of hydrogen-bond donors (Lipinski definition) is 0. The number of halogens is 1. The van der Waals surface area contributed by atoms with Gasteiger partial charge in [0, 0.05) is 30.8 Å². The average molecular weight is 410 g/mol. The second-order valence-electron chi connectivity index (χ2n) is 6.78. The lowest BCUT2D eigenvalue weighted by atomic mass is 10.1. The predicted molar refractivity (Wildman–Crippen MR) is 105 cm³/mol. The van der Waals surface area contributed by atoms with E-state index in [0.29, 0.717) is 36.0 Å². The van der Waals surface area contributed by atoms with Crippen LogP contribution in [0.25, 0.3) is 11.3 Å². The molecule has 0 radical (unpaired) electrons. The van der Waals surface area contributed by atoms with Crippen LogP contribution in [-0.2, 0) is 11.8 Å². The Kier molecular flexibility index (Phi) is 5.47. The number of nitrogens with zero attached hydrogens (tertiary/aromatic N) is 2. The van der Waals surface area contributed by atoms with Crippen LogP contribution in [0, 0.1) is 5.82 Å². The lowest BCUT2D eigenvalue weighted by Gasteiger charge is -2.09. The molecule has 0 saturated carbocycles. The molecule has 0 atom stereocenters. The second-order valence-corrected chi connectivity index (χ2v) is 6.78. The van der Waals surface area contributed by atoms with Gasteiger partial charge in [-0.05, 0) is 42.5 Å². The lowest BCUT2D eigenvalue weighted by Crippen LogP contribution is -2.14. The Morgan fingerprint density at radius 3 is 2.60 bits per heavy atom. The number of ketones is 1. The van der Waals surface area contributed by atoms with Crippen molar-refractivity contribution in [3.05, 3.63) is 65.6 Å². The minimum Gasteiger partial charge on any atom is -0.490 e. The molecular formula is C22H19FN2O5. The second kappa shape index (κ2) is 8.36. The number of Topliss-reactive ketones (excluding diaryl/α,β-unsaturated/α-hetero) is 1. The van der Waals surface area contributed by atoms with Gasteiger partial charge in [0.1, 0.15) is 17.1 Å². The Hall–Kier alpha value is -3.68. The van der Waals surface area contributed by atoms with Crippen molar-refractivity contribution in [2.24, 2.45) is 7.05 Å². The third-order valence-electron chi connectivity index (χ3n) is 4.57. The molecule has 2 aromatic carbocycles. The van der Waals surface area contributed by atoms with Crippen LogP contribution in [0.4, 0.5) is 4.39 Å². The number of rotatable bonds is 5. The summed E-state index contributed by atoms with van der Waals surface area (Å²) in [5.41, 5.74) is 1.56. The van der Waals surface area contributed by atoms with Gasteiger partial charge in [-0.3, -0.25) is 9.48 Å². The highest BCUT2D eigenvalue weighted by Gasteiger charge is 2.21. The summed E-state index contributed by atoms with van der Waals surface area (Å²) in [4.78, 5) is 24.8. The summed E-state index contributed by atoms with van der Waals surface area (Å²) >= 11 is 0. The molecule has 154 valence electrons. The standard InChI is InChI=1S/C22H19FN2O5/c1-25-12-17(22(27)30-13-18(26)14-3-6-16(23)7-4-14)21(24-25)15-5-8-19-20(11-15)29-10-2-9-28-19/h3-8,11-12H,2,9-10,13H2,1H3. The number of hydrogen-bond acceptors (Lipinski definition) is 6. The first-order valence-electron chi connectivity index (χ1n) is 9.41. The van der Waals surface area contributed by atoms with Gasteiger partial charge in [-0.15, -0.1) is 0 Å². The van der Waals surface area contributed by atoms with Gasteiger partial charge in [-0.25, -0.2) is 9.18 Å². The summed E-state index contributed by atoms with van der Waals surface area (Å²) in [6.45, 7) is 0.661. The molecule has 0 aliphatic carbocycles. The monoisotopic (exact) mass is 410 g/mol. The van der Waals surface area contributed by atoms with E-state index in [2.05, 4.69) is 5.10 Å². The smallest absolute Gasteiger partial charge is 0.342 e. The molecule has 0 fully saturated rings. The van der Waals surface area contributed by atoms with Gasteiger partial charge in [-0.2, -0.15) is 5.10 Å². The third kappa shape index (κ3) is 4.17. The number of aryl methyl sites for hydroxylation is 1. The van der Waals surface area contributed by atoms with E-state index in [0.717, 1.165) is 6.42 Å². The van der Waals surface area contributed by atoms with E-state index in [1.54, 1.807) is 25.2 Å². The molecule has 4 rings (SSSR count). The van der Waals surface area contributed by atoms with Crippen molar-refractivity contribution < 1.29 is 28.2 Å². The first kappa shape index (κ1) is 19.6. The Balaban J connectivity index is 1.53. The van der Waals surface area contributed by atoms with Gasteiger partial charge >= 0.3 is 5.97 Å². The van der Waals surface area contributed by atoms with Crippen molar-refractivity contribution in [2.45, 2.75) is 6.42 Å². The minimum atomic E-state index is -0.680. The average Bonchev–Trinajstić information content (AvgIpc) is 2.99. The first-order chi connectivity index (χ1) is 14.5. The van der Waals surface area contributed by atoms with Crippen molar-refractivity contribution in [3.63, 3.8) is 0 Å². The maximum atomic E-state index is 13.0. The fourth-order valence-corrected chi connectivity index (χ4v) is 3.09. The largest absolute Gasteiger partial charge is 0.490 e. The van der Waals surface area contributed by atoms with E-state index in [9.17, 15) is 14.0 Å². The fourth-order valence-electron chi connectivity index (χ4n) is 3.09. The van der Waals surface area contributed by atoms with E-state index >= 15 is 0 Å². The minimum absolute atomic E-state index is 0.221. The first-order valence-corrected chi connectivity index (χ1v) is 9.41. The van der Waals surface area contributed by atoms with Gasteiger partial charge in [-0.1, -0.05) is 0 Å². The Morgan fingerprint density at radius 1 is 1.10 bits per heavy atom. The Bertz CT molecular complexity index is 1090. The topological polar surface area (TPSA) is 79.7 Å². The van der Waals surface area contributed by atoms with Crippen LogP contribution in [0.5, 0.6) is 11.5 Å². The molecule has 3 aromatic rings.